The lowest BCUT2D eigenvalue weighted by atomic mass is 9.66. The number of hydrogen-bond donors (Lipinski definition) is 0. The van der Waals surface area contributed by atoms with E-state index in [1.807, 2.05) is 18.2 Å². The first-order valence-electron chi connectivity index (χ1n) is 21.5. The van der Waals surface area contributed by atoms with E-state index in [4.69, 9.17) is 15.0 Å². The molecule has 12 rings (SSSR count). The zero-order valence-corrected chi connectivity index (χ0v) is 34.4. The van der Waals surface area contributed by atoms with Crippen LogP contribution in [0.1, 0.15) is 22.3 Å². The molecule has 0 amide bonds. The van der Waals surface area contributed by atoms with Gasteiger partial charge in [0.2, 0.25) is 0 Å². The predicted octanol–water partition coefficient (Wildman–Crippen LogP) is 14.9. The van der Waals surface area contributed by atoms with Gasteiger partial charge in [0.25, 0.3) is 0 Å². The number of aromatic nitrogens is 3. The quantitative estimate of drug-likeness (QED) is 0.161. The predicted molar refractivity (Wildman–Crippen MR) is 259 cm³/mol. The molecule has 1 aromatic heterocycles. The summed E-state index contributed by atoms with van der Waals surface area (Å²) in [5.41, 5.74) is 14.4. The fraction of sp³-hybridized carbons (Fsp3) is 0.0167. The highest BCUT2D eigenvalue weighted by molar-refractivity contribution is 6.07. The molecule has 1 aliphatic rings. The maximum Gasteiger partial charge on any atom is 0.164 e. The second kappa shape index (κ2) is 15.0. The van der Waals surface area contributed by atoms with Gasteiger partial charge in [-0.1, -0.05) is 224 Å². The van der Waals surface area contributed by atoms with Gasteiger partial charge < -0.3 is 0 Å². The highest BCUT2D eigenvalue weighted by Gasteiger charge is 2.48. The summed E-state index contributed by atoms with van der Waals surface area (Å²) in [6.07, 6.45) is 0. The lowest BCUT2D eigenvalue weighted by Crippen LogP contribution is -2.28. The average Bonchev–Trinajstić information content (AvgIpc) is 3.69. The first kappa shape index (κ1) is 36.6. The number of nitrogens with zero attached hydrogens (tertiary/aromatic N) is 3. The topological polar surface area (TPSA) is 38.7 Å². The molecule has 0 fully saturated rings. The van der Waals surface area contributed by atoms with Gasteiger partial charge in [0.1, 0.15) is 0 Å². The van der Waals surface area contributed by atoms with E-state index >= 15 is 0 Å². The van der Waals surface area contributed by atoms with Crippen LogP contribution < -0.4 is 0 Å². The van der Waals surface area contributed by atoms with Gasteiger partial charge in [-0.2, -0.15) is 0 Å². The third-order valence-corrected chi connectivity index (χ3v) is 12.8. The molecule has 0 saturated carbocycles. The van der Waals surface area contributed by atoms with Crippen LogP contribution >= 0.6 is 0 Å². The van der Waals surface area contributed by atoms with Gasteiger partial charge in [0.05, 0.1) is 5.41 Å². The summed E-state index contributed by atoms with van der Waals surface area (Å²) in [4.78, 5) is 15.7. The Balaban J connectivity index is 1.14. The van der Waals surface area contributed by atoms with Crippen LogP contribution in [0.4, 0.5) is 0 Å². The van der Waals surface area contributed by atoms with E-state index in [1.54, 1.807) is 0 Å². The van der Waals surface area contributed by atoms with Crippen molar-refractivity contribution in [3.63, 3.8) is 0 Å². The Bertz CT molecular complexity index is 3450. The molecule has 0 N–H and O–H groups in total. The maximum atomic E-state index is 5.31. The highest BCUT2D eigenvalue weighted by Crippen LogP contribution is 2.60. The number of benzene rings is 10. The summed E-state index contributed by atoms with van der Waals surface area (Å²) in [6.45, 7) is 0. The molecule has 1 aliphatic carbocycles. The maximum absolute atomic E-state index is 5.31. The Morgan fingerprint density at radius 2 is 0.841 bits per heavy atom. The van der Waals surface area contributed by atoms with Crippen LogP contribution in [0.2, 0.25) is 0 Å². The number of rotatable bonds is 7. The van der Waals surface area contributed by atoms with Gasteiger partial charge in [-0.3, -0.25) is 0 Å². The number of hydrogen-bond acceptors (Lipinski definition) is 3. The summed E-state index contributed by atoms with van der Waals surface area (Å²) in [6, 6.07) is 85.0. The molecule has 1 heterocycles. The highest BCUT2D eigenvalue weighted by atomic mass is 15.0. The smallest absolute Gasteiger partial charge is 0.164 e. The molecule has 0 radical (unpaired) electrons. The normalized spacial score (nSPS) is 12.6. The number of fused-ring (bicyclic) bond motifs is 6. The van der Waals surface area contributed by atoms with Crippen molar-refractivity contribution in [3.05, 3.63) is 259 Å². The van der Waals surface area contributed by atoms with Crippen molar-refractivity contribution in [1.29, 1.82) is 0 Å². The fourth-order valence-electron chi connectivity index (χ4n) is 10.0. The van der Waals surface area contributed by atoms with Crippen LogP contribution in [0.15, 0.2) is 237 Å². The van der Waals surface area contributed by atoms with Crippen molar-refractivity contribution in [3.8, 4) is 67.5 Å². The van der Waals surface area contributed by atoms with Crippen LogP contribution in [0.3, 0.4) is 0 Å². The Morgan fingerprint density at radius 3 is 1.57 bits per heavy atom. The molecule has 10 aromatic carbocycles. The van der Waals surface area contributed by atoms with Crippen molar-refractivity contribution in [2.45, 2.75) is 5.41 Å². The van der Waals surface area contributed by atoms with Gasteiger partial charge in [0, 0.05) is 16.7 Å². The van der Waals surface area contributed by atoms with E-state index in [-0.39, 0.29) is 0 Å². The van der Waals surface area contributed by atoms with Crippen molar-refractivity contribution >= 4 is 21.5 Å². The minimum absolute atomic E-state index is 0.636. The van der Waals surface area contributed by atoms with E-state index in [9.17, 15) is 0 Å². The van der Waals surface area contributed by atoms with Crippen LogP contribution in [0, 0.1) is 0 Å². The molecule has 0 bridgehead atoms. The van der Waals surface area contributed by atoms with Crippen LogP contribution in [0.25, 0.3) is 89.1 Å². The Hall–Kier alpha value is -8.27. The summed E-state index contributed by atoms with van der Waals surface area (Å²) in [5.74, 6) is 1.91. The second-order valence-electron chi connectivity index (χ2n) is 16.3. The van der Waals surface area contributed by atoms with Gasteiger partial charge in [0.15, 0.2) is 17.5 Å². The largest absolute Gasteiger partial charge is 0.208 e. The second-order valence-corrected chi connectivity index (χ2v) is 16.3. The van der Waals surface area contributed by atoms with Crippen molar-refractivity contribution < 1.29 is 0 Å². The Morgan fingerprint density at radius 1 is 0.286 bits per heavy atom. The minimum atomic E-state index is -0.636. The van der Waals surface area contributed by atoms with Crippen LogP contribution in [-0.4, -0.2) is 15.0 Å². The molecule has 3 nitrogen and oxygen atoms in total. The van der Waals surface area contributed by atoms with Crippen molar-refractivity contribution in [2.24, 2.45) is 0 Å². The fourth-order valence-corrected chi connectivity index (χ4v) is 10.0. The molecule has 0 aliphatic heterocycles. The summed E-state index contributed by atoms with van der Waals surface area (Å²) in [7, 11) is 0. The van der Waals surface area contributed by atoms with Crippen LogP contribution in [0.5, 0.6) is 0 Å². The minimum Gasteiger partial charge on any atom is -0.208 e. The molecular formula is C60H39N3. The third kappa shape index (κ3) is 6.01. The summed E-state index contributed by atoms with van der Waals surface area (Å²) >= 11 is 0. The molecule has 0 saturated heterocycles. The van der Waals surface area contributed by atoms with E-state index in [0.29, 0.717) is 17.5 Å². The average molecular weight is 802 g/mol. The van der Waals surface area contributed by atoms with Gasteiger partial charge in [-0.15, -0.1) is 0 Å². The first-order valence-corrected chi connectivity index (χ1v) is 21.5. The van der Waals surface area contributed by atoms with Gasteiger partial charge in [-0.05, 0) is 89.3 Å². The monoisotopic (exact) mass is 801 g/mol. The first-order chi connectivity index (χ1) is 31.2. The standard InChI is InChI=1S/C60H39N3/c1-5-18-40(19-6-1)44-24-15-25-45(38-44)49-30-17-33-54-55(49)53-37-36-50-51(56(53)60(54,47-26-9-3-10-27-47)48-28-11-4-12-29-48)31-16-32-52(50)59-62-57(42-21-7-2-8-22-42)61-58(63-59)46-35-34-41-20-13-14-23-43(41)39-46/h1-39H. The summed E-state index contributed by atoms with van der Waals surface area (Å²) < 4.78 is 0. The Kier molecular flexibility index (Phi) is 8.72. The SMILES string of the molecule is c1ccc(-c2cccc(-c3cccc4c3-c3ccc5c(-c6nc(-c7ccccc7)nc(-c7ccc8ccccc8c7)n6)cccc5c3C4(c3ccccc3)c3ccccc3)c2)cc1. The molecular weight excluding hydrogens is 763 g/mol. The molecule has 0 spiro atoms. The third-order valence-electron chi connectivity index (χ3n) is 12.8. The molecule has 0 unspecified atom stereocenters. The zero-order valence-electron chi connectivity index (χ0n) is 34.4. The van der Waals surface area contributed by atoms with Crippen molar-refractivity contribution in [1.82, 2.24) is 15.0 Å². The molecule has 294 valence electrons. The van der Waals surface area contributed by atoms with E-state index in [1.165, 1.54) is 61.0 Å². The van der Waals surface area contributed by atoms with Crippen molar-refractivity contribution in [2.75, 3.05) is 0 Å². The van der Waals surface area contributed by atoms with Crippen LogP contribution in [-0.2, 0) is 5.41 Å². The zero-order chi connectivity index (χ0) is 41.7. The van der Waals surface area contributed by atoms with Gasteiger partial charge in [-0.25, -0.2) is 15.0 Å². The van der Waals surface area contributed by atoms with Gasteiger partial charge >= 0.3 is 0 Å². The molecule has 63 heavy (non-hydrogen) atoms. The van der Waals surface area contributed by atoms with E-state index in [0.717, 1.165) is 32.8 Å². The Labute approximate surface area is 366 Å². The molecule has 11 aromatic rings. The van der Waals surface area contributed by atoms with E-state index < -0.39 is 5.41 Å². The van der Waals surface area contributed by atoms with E-state index in [2.05, 4.69) is 218 Å². The lowest BCUT2D eigenvalue weighted by Gasteiger charge is -2.35. The molecule has 3 heteroatoms. The lowest BCUT2D eigenvalue weighted by molar-refractivity contribution is 0.775. The summed E-state index contributed by atoms with van der Waals surface area (Å²) in [5, 5.41) is 4.56. The molecule has 0 atom stereocenters.